The predicted octanol–water partition coefficient (Wildman–Crippen LogP) is 6.24. The highest BCUT2D eigenvalue weighted by molar-refractivity contribution is 6.96. The second-order valence-corrected chi connectivity index (χ2v) is 11.8. The lowest BCUT2D eigenvalue weighted by Gasteiger charge is -2.34. The molecule has 0 radical (unpaired) electrons. The highest BCUT2D eigenvalue weighted by atomic mass is 28.3. The fourth-order valence-corrected chi connectivity index (χ4v) is 8.17. The Morgan fingerprint density at radius 1 is 0.833 bits per heavy atom. The second kappa shape index (κ2) is 8.45. The van der Waals surface area contributed by atoms with Crippen molar-refractivity contribution in [2.75, 3.05) is 0 Å². The van der Waals surface area contributed by atoms with Gasteiger partial charge in [-0.05, 0) is 23.6 Å². The average Bonchev–Trinajstić information content (AvgIpc) is 2.66. The maximum Gasteiger partial charge on any atom is 0.1000 e. The summed E-state index contributed by atoms with van der Waals surface area (Å²) in [6.07, 6.45) is -0.530. The Balaban J connectivity index is 2.64. The van der Waals surface area contributed by atoms with Crippen LogP contribution in [0.1, 0.15) is 44.9 Å². The number of aliphatic hydroxyl groups excluding tert-OH is 1. The third-order valence-electron chi connectivity index (χ3n) is 5.54. The Bertz CT molecular complexity index is 649. The van der Waals surface area contributed by atoms with Crippen LogP contribution in [0.2, 0.25) is 18.1 Å². The van der Waals surface area contributed by atoms with Crippen LogP contribution in [0, 0.1) is 0 Å². The van der Waals surface area contributed by atoms with E-state index in [1.165, 1.54) is 28.9 Å². The van der Waals surface area contributed by atoms with Gasteiger partial charge in [-0.1, -0.05) is 105 Å². The standard InChI is InChI=1S/C22H30OSi/c1-5-24(6-2,7-3)22(20-16-12-9-13-17-20)18(4)21(23)19-14-10-8-11-15-19/h8-17,21,23H,5-7H2,1-4H3/b22-18-. The molecule has 0 fully saturated rings. The van der Waals surface area contributed by atoms with E-state index in [-0.39, 0.29) is 0 Å². The topological polar surface area (TPSA) is 20.2 Å². The summed E-state index contributed by atoms with van der Waals surface area (Å²) in [7, 11) is -1.63. The van der Waals surface area contributed by atoms with E-state index in [4.69, 9.17) is 0 Å². The van der Waals surface area contributed by atoms with Gasteiger partial charge in [0.15, 0.2) is 0 Å². The third kappa shape index (κ3) is 3.71. The van der Waals surface area contributed by atoms with Crippen LogP contribution in [0.25, 0.3) is 5.20 Å². The average molecular weight is 339 g/mol. The van der Waals surface area contributed by atoms with Crippen LogP contribution in [0.5, 0.6) is 0 Å². The largest absolute Gasteiger partial charge is 0.384 e. The van der Waals surface area contributed by atoms with E-state index >= 15 is 0 Å². The zero-order chi connectivity index (χ0) is 17.6. The molecule has 0 saturated heterocycles. The van der Waals surface area contributed by atoms with E-state index < -0.39 is 14.2 Å². The van der Waals surface area contributed by atoms with Gasteiger partial charge in [-0.25, -0.2) is 0 Å². The maximum atomic E-state index is 11.0. The Hall–Kier alpha value is -1.64. The highest BCUT2D eigenvalue weighted by Crippen LogP contribution is 2.40. The lowest BCUT2D eigenvalue weighted by atomic mass is 10.0. The molecule has 1 N–H and O–H groups in total. The molecule has 2 aromatic carbocycles. The van der Waals surface area contributed by atoms with Crippen molar-refractivity contribution in [2.45, 2.75) is 51.9 Å². The third-order valence-corrected chi connectivity index (χ3v) is 11.3. The fourth-order valence-electron chi connectivity index (χ4n) is 3.86. The first-order chi connectivity index (χ1) is 11.6. The molecule has 2 rings (SSSR count). The fraction of sp³-hybridized carbons (Fsp3) is 0.364. The molecule has 128 valence electrons. The predicted molar refractivity (Wildman–Crippen MR) is 108 cm³/mol. The van der Waals surface area contributed by atoms with E-state index in [1.807, 2.05) is 30.3 Å². The van der Waals surface area contributed by atoms with Crippen molar-refractivity contribution >= 4 is 13.3 Å². The van der Waals surface area contributed by atoms with Gasteiger partial charge in [0.1, 0.15) is 0 Å². The molecule has 0 aliphatic carbocycles. The summed E-state index contributed by atoms with van der Waals surface area (Å²) >= 11 is 0. The molecule has 0 spiro atoms. The Morgan fingerprint density at radius 3 is 1.75 bits per heavy atom. The molecule has 0 aliphatic heterocycles. The highest BCUT2D eigenvalue weighted by Gasteiger charge is 2.34. The molecule has 0 heterocycles. The Morgan fingerprint density at radius 2 is 1.29 bits per heavy atom. The van der Waals surface area contributed by atoms with Gasteiger partial charge in [0, 0.05) is 0 Å². The van der Waals surface area contributed by atoms with Crippen molar-refractivity contribution in [3.8, 4) is 0 Å². The van der Waals surface area contributed by atoms with Crippen LogP contribution in [0.4, 0.5) is 0 Å². The molecule has 1 unspecified atom stereocenters. The van der Waals surface area contributed by atoms with Crippen LogP contribution < -0.4 is 0 Å². The van der Waals surface area contributed by atoms with Crippen LogP contribution in [0.3, 0.4) is 0 Å². The monoisotopic (exact) mass is 338 g/mol. The van der Waals surface area contributed by atoms with Crippen molar-refractivity contribution < 1.29 is 5.11 Å². The van der Waals surface area contributed by atoms with Crippen LogP contribution in [-0.2, 0) is 0 Å². The zero-order valence-corrected chi connectivity index (χ0v) is 16.4. The summed E-state index contributed by atoms with van der Waals surface area (Å²) in [6.45, 7) is 9.10. The van der Waals surface area contributed by atoms with E-state index in [2.05, 4.69) is 58.0 Å². The molecule has 0 aliphatic rings. The minimum atomic E-state index is -1.63. The molecule has 0 saturated carbocycles. The van der Waals surface area contributed by atoms with Gasteiger partial charge in [-0.3, -0.25) is 0 Å². The van der Waals surface area contributed by atoms with E-state index in [1.54, 1.807) is 0 Å². The number of hydrogen-bond donors (Lipinski definition) is 1. The first kappa shape index (κ1) is 18.7. The second-order valence-electron chi connectivity index (χ2n) is 6.58. The minimum absolute atomic E-state index is 0.530. The zero-order valence-electron chi connectivity index (χ0n) is 15.4. The summed E-state index contributed by atoms with van der Waals surface area (Å²) in [4.78, 5) is 0. The quantitative estimate of drug-likeness (QED) is 0.592. The SMILES string of the molecule is CC[Si](CC)(CC)/C(=C(/C)C(O)c1ccccc1)c1ccccc1. The Labute approximate surface area is 148 Å². The normalized spacial score (nSPS) is 14.2. The summed E-state index contributed by atoms with van der Waals surface area (Å²) < 4.78 is 0. The van der Waals surface area contributed by atoms with Gasteiger partial charge in [-0.2, -0.15) is 0 Å². The maximum absolute atomic E-state index is 11.0. The van der Waals surface area contributed by atoms with Gasteiger partial charge in [0.2, 0.25) is 0 Å². The first-order valence-electron chi connectivity index (χ1n) is 9.09. The Kier molecular flexibility index (Phi) is 6.58. The lowest BCUT2D eigenvalue weighted by Crippen LogP contribution is -2.35. The van der Waals surface area contributed by atoms with Crippen LogP contribution in [0.15, 0.2) is 66.2 Å². The van der Waals surface area contributed by atoms with Crippen molar-refractivity contribution in [1.29, 1.82) is 0 Å². The van der Waals surface area contributed by atoms with E-state index in [0.29, 0.717) is 0 Å². The van der Waals surface area contributed by atoms with Crippen molar-refractivity contribution in [2.24, 2.45) is 0 Å². The number of hydrogen-bond acceptors (Lipinski definition) is 1. The molecular weight excluding hydrogens is 308 g/mol. The minimum Gasteiger partial charge on any atom is -0.384 e. The van der Waals surface area contributed by atoms with E-state index in [0.717, 1.165) is 11.1 Å². The van der Waals surface area contributed by atoms with Crippen LogP contribution >= 0.6 is 0 Å². The molecular formula is C22H30OSi. The van der Waals surface area contributed by atoms with Gasteiger partial charge in [0.05, 0.1) is 14.2 Å². The first-order valence-corrected chi connectivity index (χ1v) is 11.7. The lowest BCUT2D eigenvalue weighted by molar-refractivity contribution is 0.216. The smallest absolute Gasteiger partial charge is 0.1000 e. The molecule has 2 heteroatoms. The van der Waals surface area contributed by atoms with Crippen LogP contribution in [-0.4, -0.2) is 13.2 Å². The summed E-state index contributed by atoms with van der Waals surface area (Å²) in [6, 6.07) is 24.4. The molecule has 0 aromatic heterocycles. The van der Waals surface area contributed by atoms with Crippen molar-refractivity contribution in [3.05, 3.63) is 77.4 Å². The van der Waals surface area contributed by atoms with Gasteiger partial charge in [0.25, 0.3) is 0 Å². The van der Waals surface area contributed by atoms with Crippen molar-refractivity contribution in [1.82, 2.24) is 0 Å². The molecule has 1 nitrogen and oxygen atoms in total. The summed E-state index contributed by atoms with van der Waals surface area (Å²) in [5.74, 6) is 0. The summed E-state index contributed by atoms with van der Waals surface area (Å²) in [5.41, 5.74) is 3.40. The number of benzene rings is 2. The van der Waals surface area contributed by atoms with Gasteiger partial charge < -0.3 is 5.11 Å². The summed E-state index contributed by atoms with van der Waals surface area (Å²) in [5, 5.41) is 12.5. The molecule has 0 amide bonds. The van der Waals surface area contributed by atoms with E-state index in [9.17, 15) is 5.11 Å². The van der Waals surface area contributed by atoms with Gasteiger partial charge >= 0.3 is 0 Å². The molecule has 0 bridgehead atoms. The molecule has 1 atom stereocenters. The molecule has 24 heavy (non-hydrogen) atoms. The van der Waals surface area contributed by atoms with Crippen molar-refractivity contribution in [3.63, 3.8) is 0 Å². The number of rotatable bonds is 7. The number of aliphatic hydroxyl groups is 1. The molecule has 2 aromatic rings. The van der Waals surface area contributed by atoms with Gasteiger partial charge in [-0.15, -0.1) is 0 Å².